The number of aliphatic hydroxyl groups is 1. The van der Waals surface area contributed by atoms with E-state index in [1.165, 1.54) is 12.1 Å². The van der Waals surface area contributed by atoms with Gasteiger partial charge < -0.3 is 10.4 Å². The lowest BCUT2D eigenvalue weighted by molar-refractivity contribution is 0.151. The molecule has 0 aromatic heterocycles. The molecule has 0 aliphatic heterocycles. The number of hydrogen-bond donors (Lipinski definition) is 2. The van der Waals surface area contributed by atoms with E-state index in [-0.39, 0.29) is 12.2 Å². The molecule has 2 aromatic rings. The van der Waals surface area contributed by atoms with Crippen LogP contribution >= 0.6 is 0 Å². The monoisotopic (exact) mass is 277 g/mol. The van der Waals surface area contributed by atoms with Crippen LogP contribution in [-0.4, -0.2) is 5.11 Å². The number of aliphatic hydroxyl groups excluding tert-OH is 1. The summed E-state index contributed by atoms with van der Waals surface area (Å²) in [6, 6.07) is 14.0. The largest absolute Gasteiger partial charge is 0.392 e. The molecule has 2 N–H and O–H groups in total. The highest BCUT2D eigenvalue weighted by Gasteiger charge is 2.05. The van der Waals surface area contributed by atoms with Crippen LogP contribution in [0.2, 0.25) is 0 Å². The Hall–Kier alpha value is -1.78. The molecular formula is C16H17F2NO. The van der Waals surface area contributed by atoms with E-state index in [2.05, 4.69) is 5.32 Å². The molecule has 0 radical (unpaired) electrons. The molecular weight excluding hydrogens is 260 g/mol. The van der Waals surface area contributed by atoms with E-state index < -0.39 is 6.43 Å². The van der Waals surface area contributed by atoms with Gasteiger partial charge in [-0.05, 0) is 16.7 Å². The normalized spacial score (nSPS) is 11.0. The summed E-state index contributed by atoms with van der Waals surface area (Å²) >= 11 is 0. The average Bonchev–Trinajstić information content (AvgIpc) is 2.48. The zero-order chi connectivity index (χ0) is 14.4. The summed E-state index contributed by atoms with van der Waals surface area (Å²) in [6.07, 6.45) is -2.41. The van der Waals surface area contributed by atoms with Gasteiger partial charge >= 0.3 is 0 Å². The van der Waals surface area contributed by atoms with E-state index in [0.29, 0.717) is 13.1 Å². The van der Waals surface area contributed by atoms with Crippen LogP contribution in [0.25, 0.3) is 0 Å². The molecule has 0 heterocycles. The molecule has 0 fully saturated rings. The molecule has 0 unspecified atom stereocenters. The lowest BCUT2D eigenvalue weighted by Crippen LogP contribution is -2.12. The molecule has 0 saturated heterocycles. The van der Waals surface area contributed by atoms with Crippen LogP contribution in [0.3, 0.4) is 0 Å². The molecule has 0 bridgehead atoms. The van der Waals surface area contributed by atoms with E-state index in [0.717, 1.165) is 16.7 Å². The summed E-state index contributed by atoms with van der Waals surface area (Å²) < 4.78 is 24.8. The van der Waals surface area contributed by atoms with Crippen molar-refractivity contribution < 1.29 is 13.9 Å². The SMILES string of the molecule is OCc1ccc(CNCc2ccc(C(F)F)cc2)cc1. The average molecular weight is 277 g/mol. The summed E-state index contributed by atoms with van der Waals surface area (Å²) in [6.45, 7) is 1.37. The van der Waals surface area contributed by atoms with E-state index in [9.17, 15) is 8.78 Å². The van der Waals surface area contributed by atoms with Crippen molar-refractivity contribution >= 4 is 0 Å². The second kappa shape index (κ2) is 7.12. The summed E-state index contributed by atoms with van der Waals surface area (Å²) in [5, 5.41) is 12.2. The predicted octanol–water partition coefficient (Wildman–Crippen LogP) is 3.41. The van der Waals surface area contributed by atoms with Gasteiger partial charge in [0.05, 0.1) is 6.61 Å². The molecule has 2 nitrogen and oxygen atoms in total. The van der Waals surface area contributed by atoms with Crippen molar-refractivity contribution in [3.8, 4) is 0 Å². The van der Waals surface area contributed by atoms with Gasteiger partial charge in [0.25, 0.3) is 6.43 Å². The van der Waals surface area contributed by atoms with Crippen molar-refractivity contribution in [2.75, 3.05) is 0 Å². The van der Waals surface area contributed by atoms with Gasteiger partial charge in [0, 0.05) is 18.7 Å². The van der Waals surface area contributed by atoms with Crippen molar-refractivity contribution in [3.05, 3.63) is 70.8 Å². The van der Waals surface area contributed by atoms with Crippen LogP contribution < -0.4 is 5.32 Å². The maximum absolute atomic E-state index is 12.4. The first-order valence-corrected chi connectivity index (χ1v) is 6.45. The number of benzene rings is 2. The number of rotatable bonds is 6. The van der Waals surface area contributed by atoms with Gasteiger partial charge in [0.2, 0.25) is 0 Å². The predicted molar refractivity (Wildman–Crippen MR) is 74.3 cm³/mol. The third-order valence-corrected chi connectivity index (χ3v) is 3.10. The number of halogens is 2. The van der Waals surface area contributed by atoms with Gasteiger partial charge in [-0.3, -0.25) is 0 Å². The molecule has 0 aliphatic rings. The molecule has 0 amide bonds. The molecule has 0 spiro atoms. The third-order valence-electron chi connectivity index (χ3n) is 3.10. The van der Waals surface area contributed by atoms with Crippen LogP contribution in [0.4, 0.5) is 8.78 Å². The third kappa shape index (κ3) is 4.11. The summed E-state index contributed by atoms with van der Waals surface area (Å²) in [4.78, 5) is 0. The summed E-state index contributed by atoms with van der Waals surface area (Å²) in [5.74, 6) is 0. The van der Waals surface area contributed by atoms with Gasteiger partial charge in [0.15, 0.2) is 0 Å². The van der Waals surface area contributed by atoms with Gasteiger partial charge in [-0.25, -0.2) is 8.78 Å². The van der Waals surface area contributed by atoms with Crippen molar-refractivity contribution in [3.63, 3.8) is 0 Å². The van der Waals surface area contributed by atoms with Crippen molar-refractivity contribution in [1.82, 2.24) is 5.32 Å². The Morgan fingerprint density at radius 3 is 1.70 bits per heavy atom. The Morgan fingerprint density at radius 1 is 0.800 bits per heavy atom. The Morgan fingerprint density at radius 2 is 1.25 bits per heavy atom. The smallest absolute Gasteiger partial charge is 0.263 e. The lowest BCUT2D eigenvalue weighted by Gasteiger charge is -2.07. The fourth-order valence-electron chi connectivity index (χ4n) is 1.89. The first-order chi connectivity index (χ1) is 9.69. The molecule has 20 heavy (non-hydrogen) atoms. The molecule has 2 aromatic carbocycles. The van der Waals surface area contributed by atoms with Crippen molar-refractivity contribution in [1.29, 1.82) is 0 Å². The van der Waals surface area contributed by atoms with Gasteiger partial charge in [-0.1, -0.05) is 48.5 Å². The van der Waals surface area contributed by atoms with Gasteiger partial charge in [-0.15, -0.1) is 0 Å². The summed E-state index contributed by atoms with van der Waals surface area (Å²) in [5.41, 5.74) is 3.03. The first kappa shape index (κ1) is 14.6. The van der Waals surface area contributed by atoms with Crippen molar-refractivity contribution in [2.45, 2.75) is 26.1 Å². The van der Waals surface area contributed by atoms with E-state index in [4.69, 9.17) is 5.11 Å². The number of hydrogen-bond acceptors (Lipinski definition) is 2. The minimum Gasteiger partial charge on any atom is -0.392 e. The van der Waals surface area contributed by atoms with Gasteiger partial charge in [-0.2, -0.15) is 0 Å². The van der Waals surface area contributed by atoms with Crippen molar-refractivity contribution in [2.24, 2.45) is 0 Å². The maximum Gasteiger partial charge on any atom is 0.263 e. The quantitative estimate of drug-likeness (QED) is 0.848. The molecule has 2 rings (SSSR count). The van der Waals surface area contributed by atoms with Gasteiger partial charge in [0.1, 0.15) is 0 Å². The highest BCUT2D eigenvalue weighted by Crippen LogP contribution is 2.18. The van der Waals surface area contributed by atoms with E-state index in [1.54, 1.807) is 12.1 Å². The highest BCUT2D eigenvalue weighted by molar-refractivity contribution is 5.24. The van der Waals surface area contributed by atoms with E-state index in [1.807, 2.05) is 24.3 Å². The second-order valence-corrected chi connectivity index (χ2v) is 4.62. The van der Waals surface area contributed by atoms with Crippen LogP contribution in [0, 0.1) is 0 Å². The fraction of sp³-hybridized carbons (Fsp3) is 0.250. The minimum absolute atomic E-state index is 0.0458. The summed E-state index contributed by atoms with van der Waals surface area (Å²) in [7, 11) is 0. The maximum atomic E-state index is 12.4. The Balaban J connectivity index is 1.82. The van der Waals surface area contributed by atoms with Crippen LogP contribution in [-0.2, 0) is 19.7 Å². The Labute approximate surface area is 117 Å². The highest BCUT2D eigenvalue weighted by atomic mass is 19.3. The standard InChI is InChI=1S/C16H17F2NO/c17-16(18)15-7-5-13(6-8-15)10-19-9-12-1-3-14(11-20)4-2-12/h1-8,16,19-20H,9-11H2. The first-order valence-electron chi connectivity index (χ1n) is 6.45. The topological polar surface area (TPSA) is 32.3 Å². The Bertz CT molecular complexity index is 523. The number of alkyl halides is 2. The molecule has 4 heteroatoms. The fourth-order valence-corrected chi connectivity index (χ4v) is 1.89. The zero-order valence-corrected chi connectivity index (χ0v) is 11.0. The van der Waals surface area contributed by atoms with Crippen LogP contribution in [0.1, 0.15) is 28.7 Å². The minimum atomic E-state index is -2.41. The van der Waals surface area contributed by atoms with Crippen LogP contribution in [0.15, 0.2) is 48.5 Å². The zero-order valence-electron chi connectivity index (χ0n) is 11.0. The Kier molecular flexibility index (Phi) is 5.21. The lowest BCUT2D eigenvalue weighted by atomic mass is 10.1. The molecule has 0 saturated carbocycles. The molecule has 106 valence electrons. The van der Waals surface area contributed by atoms with E-state index >= 15 is 0 Å². The molecule has 0 aliphatic carbocycles. The molecule has 0 atom stereocenters. The van der Waals surface area contributed by atoms with Crippen LogP contribution in [0.5, 0.6) is 0 Å². The second-order valence-electron chi connectivity index (χ2n) is 4.62. The number of nitrogens with one attached hydrogen (secondary N) is 1.